The summed E-state index contributed by atoms with van der Waals surface area (Å²) in [6.07, 6.45) is 5.48. The quantitative estimate of drug-likeness (QED) is 0.871. The summed E-state index contributed by atoms with van der Waals surface area (Å²) in [7, 11) is 0. The van der Waals surface area contributed by atoms with Gasteiger partial charge in [-0.3, -0.25) is 0 Å². The van der Waals surface area contributed by atoms with Crippen molar-refractivity contribution in [1.82, 2.24) is 4.98 Å². The topological polar surface area (TPSA) is 50.9 Å². The number of pyridine rings is 1. The number of aromatic nitrogens is 1. The molecule has 0 amide bonds. The zero-order chi connectivity index (χ0) is 13.1. The summed E-state index contributed by atoms with van der Waals surface area (Å²) in [5.74, 6) is -0.916. The predicted octanol–water partition coefficient (Wildman–Crippen LogP) is 3.32. The number of rotatable bonds is 3. The van der Waals surface area contributed by atoms with Crippen LogP contribution in [-0.4, -0.2) is 11.0 Å². The molecule has 0 radical (unpaired) electrons. The molecule has 0 bridgehead atoms. The molecule has 1 heterocycles. The van der Waals surface area contributed by atoms with Gasteiger partial charge in [0.25, 0.3) is 0 Å². The van der Waals surface area contributed by atoms with Gasteiger partial charge < -0.3 is 11.1 Å². The summed E-state index contributed by atoms with van der Waals surface area (Å²) in [4.78, 5) is 3.72. The molecule has 1 aliphatic rings. The molecular weight excluding hydrogens is 236 g/mol. The van der Waals surface area contributed by atoms with Crippen molar-refractivity contribution in [2.75, 3.05) is 11.1 Å². The molecule has 2 rings (SSSR count). The van der Waals surface area contributed by atoms with Gasteiger partial charge in [0.1, 0.15) is 0 Å². The highest BCUT2D eigenvalue weighted by atomic mass is 19.1. The van der Waals surface area contributed by atoms with Crippen molar-refractivity contribution >= 4 is 11.6 Å². The highest BCUT2D eigenvalue weighted by Crippen LogP contribution is 2.29. The lowest BCUT2D eigenvalue weighted by Crippen LogP contribution is -2.27. The van der Waals surface area contributed by atoms with E-state index in [9.17, 15) is 8.78 Å². The largest absolute Gasteiger partial charge is 0.381 e. The second-order valence-corrected chi connectivity index (χ2v) is 4.96. The fraction of sp³-hybridized carbons (Fsp3) is 0.615. The van der Waals surface area contributed by atoms with Gasteiger partial charge in [0, 0.05) is 12.1 Å². The first-order valence-corrected chi connectivity index (χ1v) is 6.48. The molecule has 0 spiro atoms. The van der Waals surface area contributed by atoms with Gasteiger partial charge in [0.2, 0.25) is 0 Å². The molecule has 1 saturated carbocycles. The smallest absolute Gasteiger partial charge is 0.168 e. The molecule has 1 aromatic heterocycles. The zero-order valence-electron chi connectivity index (χ0n) is 10.5. The first-order chi connectivity index (χ1) is 8.60. The van der Waals surface area contributed by atoms with E-state index in [0.29, 0.717) is 0 Å². The first-order valence-electron chi connectivity index (χ1n) is 6.48. The number of hydrogen-bond donors (Lipinski definition) is 2. The standard InChI is InChI=1S/C13H19F2N3/c1-2-8-3-5-9(6-4-8)17-13-11(15)7-10(14)12(16)18-13/h7-9H,2-6H2,1H3,(H3,16,17,18). The second kappa shape index (κ2) is 5.50. The minimum absolute atomic E-state index is 0.0637. The molecule has 100 valence electrons. The Bertz CT molecular complexity index is 415. The third kappa shape index (κ3) is 2.89. The molecule has 0 saturated heterocycles. The van der Waals surface area contributed by atoms with Crippen molar-refractivity contribution < 1.29 is 8.78 Å². The van der Waals surface area contributed by atoms with E-state index in [1.165, 1.54) is 6.42 Å². The van der Waals surface area contributed by atoms with E-state index in [1.54, 1.807) is 0 Å². The molecule has 3 N–H and O–H groups in total. The highest BCUT2D eigenvalue weighted by molar-refractivity contribution is 5.45. The number of halogens is 2. The molecule has 3 nitrogen and oxygen atoms in total. The fourth-order valence-electron chi connectivity index (χ4n) is 2.49. The van der Waals surface area contributed by atoms with Crippen molar-refractivity contribution in [3.8, 4) is 0 Å². The van der Waals surface area contributed by atoms with Gasteiger partial charge in [0.15, 0.2) is 23.3 Å². The first kappa shape index (κ1) is 13.1. The third-order valence-corrected chi connectivity index (χ3v) is 3.72. The van der Waals surface area contributed by atoms with Gasteiger partial charge in [-0.15, -0.1) is 0 Å². The van der Waals surface area contributed by atoms with Crippen LogP contribution in [0.3, 0.4) is 0 Å². The van der Waals surface area contributed by atoms with Crippen LogP contribution in [0, 0.1) is 17.6 Å². The summed E-state index contributed by atoms with van der Waals surface area (Å²) in [5.41, 5.74) is 5.35. The van der Waals surface area contributed by atoms with E-state index in [-0.39, 0.29) is 17.7 Å². The van der Waals surface area contributed by atoms with E-state index in [2.05, 4.69) is 17.2 Å². The van der Waals surface area contributed by atoms with Crippen LogP contribution in [-0.2, 0) is 0 Å². The minimum Gasteiger partial charge on any atom is -0.381 e. The maximum atomic E-state index is 13.5. The van der Waals surface area contributed by atoms with Crippen LogP contribution in [0.25, 0.3) is 0 Å². The molecule has 1 fully saturated rings. The molecule has 0 aliphatic heterocycles. The number of nitrogens with one attached hydrogen (secondary N) is 1. The van der Waals surface area contributed by atoms with Crippen LogP contribution in [0.5, 0.6) is 0 Å². The minimum atomic E-state index is -0.812. The Kier molecular flexibility index (Phi) is 3.99. The summed E-state index contributed by atoms with van der Waals surface area (Å²) in [6.45, 7) is 2.19. The second-order valence-electron chi connectivity index (χ2n) is 4.96. The van der Waals surface area contributed by atoms with Gasteiger partial charge in [-0.1, -0.05) is 13.3 Å². The zero-order valence-corrected chi connectivity index (χ0v) is 10.5. The molecule has 18 heavy (non-hydrogen) atoms. The van der Waals surface area contributed by atoms with E-state index in [4.69, 9.17) is 5.73 Å². The van der Waals surface area contributed by atoms with Gasteiger partial charge in [-0.05, 0) is 31.6 Å². The Morgan fingerprint density at radius 2 is 1.94 bits per heavy atom. The summed E-state index contributed by atoms with van der Waals surface area (Å²) in [5, 5.41) is 3.03. The van der Waals surface area contributed by atoms with Crippen LogP contribution in [0.15, 0.2) is 6.07 Å². The predicted molar refractivity (Wildman–Crippen MR) is 68.2 cm³/mol. The third-order valence-electron chi connectivity index (χ3n) is 3.72. The Labute approximate surface area is 106 Å². The lowest BCUT2D eigenvalue weighted by Gasteiger charge is -2.28. The highest BCUT2D eigenvalue weighted by Gasteiger charge is 2.21. The van der Waals surface area contributed by atoms with E-state index < -0.39 is 11.6 Å². The molecule has 0 aromatic carbocycles. The van der Waals surface area contributed by atoms with Crippen molar-refractivity contribution in [2.24, 2.45) is 5.92 Å². The average molecular weight is 255 g/mol. The molecule has 5 heteroatoms. The Balaban J connectivity index is 2.00. The fourth-order valence-corrected chi connectivity index (χ4v) is 2.49. The maximum Gasteiger partial charge on any atom is 0.168 e. The van der Waals surface area contributed by atoms with E-state index >= 15 is 0 Å². The summed E-state index contributed by atoms with van der Waals surface area (Å²) >= 11 is 0. The van der Waals surface area contributed by atoms with Crippen LogP contribution < -0.4 is 11.1 Å². The van der Waals surface area contributed by atoms with Crippen molar-refractivity contribution in [3.05, 3.63) is 17.7 Å². The number of nitrogen functional groups attached to an aromatic ring is 1. The number of anilines is 2. The number of hydrogen-bond acceptors (Lipinski definition) is 3. The molecular formula is C13H19F2N3. The maximum absolute atomic E-state index is 13.5. The van der Waals surface area contributed by atoms with E-state index in [0.717, 1.165) is 37.7 Å². The average Bonchev–Trinajstić information content (AvgIpc) is 2.37. The molecule has 1 aromatic rings. The Hall–Kier alpha value is -1.39. The Morgan fingerprint density at radius 1 is 1.28 bits per heavy atom. The monoisotopic (exact) mass is 255 g/mol. The van der Waals surface area contributed by atoms with Crippen LogP contribution in [0.2, 0.25) is 0 Å². The summed E-state index contributed by atoms with van der Waals surface area (Å²) < 4.78 is 26.5. The number of nitrogens with zero attached hydrogens (tertiary/aromatic N) is 1. The van der Waals surface area contributed by atoms with Gasteiger partial charge in [0.05, 0.1) is 0 Å². The van der Waals surface area contributed by atoms with Crippen LogP contribution in [0.4, 0.5) is 20.4 Å². The van der Waals surface area contributed by atoms with Crippen molar-refractivity contribution in [2.45, 2.75) is 45.1 Å². The van der Waals surface area contributed by atoms with Crippen molar-refractivity contribution in [1.29, 1.82) is 0 Å². The Morgan fingerprint density at radius 3 is 2.56 bits per heavy atom. The van der Waals surface area contributed by atoms with Gasteiger partial charge in [-0.25, -0.2) is 13.8 Å². The molecule has 0 unspecified atom stereocenters. The summed E-state index contributed by atoms with van der Waals surface area (Å²) in [6, 6.07) is 0.988. The lowest BCUT2D eigenvalue weighted by molar-refractivity contribution is 0.329. The molecule has 1 aliphatic carbocycles. The molecule has 0 atom stereocenters. The normalized spacial score (nSPS) is 23.9. The lowest BCUT2D eigenvalue weighted by atomic mass is 9.84. The van der Waals surface area contributed by atoms with Crippen molar-refractivity contribution in [3.63, 3.8) is 0 Å². The van der Waals surface area contributed by atoms with E-state index in [1.807, 2.05) is 0 Å². The SMILES string of the molecule is CCC1CCC(Nc2nc(N)c(F)cc2F)CC1. The van der Waals surface area contributed by atoms with Gasteiger partial charge in [-0.2, -0.15) is 0 Å². The number of nitrogens with two attached hydrogens (primary N) is 1. The van der Waals surface area contributed by atoms with Gasteiger partial charge >= 0.3 is 0 Å². The van der Waals surface area contributed by atoms with Crippen LogP contribution >= 0.6 is 0 Å². The van der Waals surface area contributed by atoms with Crippen LogP contribution in [0.1, 0.15) is 39.0 Å².